The van der Waals surface area contributed by atoms with Crippen LogP contribution in [-0.2, 0) is 9.59 Å². The molecule has 124 valence electrons. The quantitative estimate of drug-likeness (QED) is 0.833. The van der Waals surface area contributed by atoms with Gasteiger partial charge in [-0.15, -0.1) is 0 Å². The fourth-order valence-electron chi connectivity index (χ4n) is 2.61. The number of methoxy groups -OCH3 is 2. The molecular weight excluding hydrogens is 296 g/mol. The highest BCUT2D eigenvalue weighted by molar-refractivity contribution is 5.92. The Morgan fingerprint density at radius 1 is 1.22 bits per heavy atom. The van der Waals surface area contributed by atoms with Crippen molar-refractivity contribution >= 4 is 17.9 Å². The van der Waals surface area contributed by atoms with E-state index in [1.54, 1.807) is 31.3 Å². The van der Waals surface area contributed by atoms with Gasteiger partial charge in [0.25, 0.3) is 0 Å². The Morgan fingerprint density at radius 3 is 2.43 bits per heavy atom. The fourth-order valence-corrected chi connectivity index (χ4v) is 2.61. The van der Waals surface area contributed by atoms with Crippen LogP contribution in [0, 0.1) is 5.92 Å². The molecule has 1 aliphatic heterocycles. The van der Waals surface area contributed by atoms with E-state index in [1.807, 2.05) is 12.1 Å². The predicted octanol–water partition coefficient (Wildman–Crippen LogP) is 1.44. The van der Waals surface area contributed by atoms with Crippen LogP contribution in [0.1, 0.15) is 18.4 Å². The van der Waals surface area contributed by atoms with Crippen molar-refractivity contribution in [1.29, 1.82) is 0 Å². The Bertz CT molecular complexity index is 590. The lowest BCUT2D eigenvalue weighted by molar-refractivity contribution is -0.130. The molecule has 1 heterocycles. The molecule has 0 spiro atoms. The molecular formula is C17H22N2O4. The minimum absolute atomic E-state index is 0.127. The number of amides is 2. The number of piperidine rings is 1. The van der Waals surface area contributed by atoms with E-state index in [2.05, 4.69) is 0 Å². The largest absolute Gasteiger partial charge is 0.497 e. The number of carbonyl (C=O) groups excluding carboxylic acids is 2. The zero-order valence-electron chi connectivity index (χ0n) is 13.5. The van der Waals surface area contributed by atoms with Crippen molar-refractivity contribution in [2.45, 2.75) is 12.8 Å². The van der Waals surface area contributed by atoms with Gasteiger partial charge in [0, 0.05) is 25.2 Å². The third-order valence-corrected chi connectivity index (χ3v) is 3.93. The number of primary amides is 1. The molecule has 0 aromatic heterocycles. The lowest BCUT2D eigenvalue weighted by atomic mass is 9.97. The third kappa shape index (κ3) is 4.48. The van der Waals surface area contributed by atoms with Crippen molar-refractivity contribution in [1.82, 2.24) is 4.90 Å². The molecule has 1 aromatic carbocycles. The normalized spacial score (nSPS) is 18.0. The van der Waals surface area contributed by atoms with Crippen molar-refractivity contribution in [3.05, 3.63) is 29.8 Å². The van der Waals surface area contributed by atoms with Crippen LogP contribution in [-0.4, -0.2) is 44.0 Å². The van der Waals surface area contributed by atoms with Gasteiger partial charge in [0.2, 0.25) is 11.8 Å². The lowest BCUT2D eigenvalue weighted by Gasteiger charge is -2.30. The first-order valence-electron chi connectivity index (χ1n) is 7.53. The molecule has 1 saturated heterocycles. The standard InChI is InChI=1S/C17H22N2O4/c1-22-14-8-12(9-15(10-14)23-2)5-6-16(20)19-7-3-4-13(11-19)17(18)21/h5-6,8-10,13H,3-4,7,11H2,1-2H3,(H2,18,21)/b6-5+. The summed E-state index contributed by atoms with van der Waals surface area (Å²) in [6, 6.07) is 5.39. The Morgan fingerprint density at radius 2 is 1.87 bits per heavy atom. The van der Waals surface area contributed by atoms with Crippen molar-refractivity contribution < 1.29 is 19.1 Å². The molecule has 1 aliphatic rings. The second-order valence-corrected chi connectivity index (χ2v) is 5.51. The molecule has 0 radical (unpaired) electrons. The minimum Gasteiger partial charge on any atom is -0.497 e. The van der Waals surface area contributed by atoms with Crippen LogP contribution in [0.4, 0.5) is 0 Å². The van der Waals surface area contributed by atoms with Gasteiger partial charge in [0.15, 0.2) is 0 Å². The van der Waals surface area contributed by atoms with E-state index in [1.165, 1.54) is 6.08 Å². The number of benzene rings is 1. The molecule has 0 saturated carbocycles. The molecule has 0 bridgehead atoms. The van der Waals surface area contributed by atoms with Gasteiger partial charge in [0.05, 0.1) is 20.1 Å². The van der Waals surface area contributed by atoms with Gasteiger partial charge in [-0.2, -0.15) is 0 Å². The number of hydrogen-bond donors (Lipinski definition) is 1. The molecule has 1 fully saturated rings. The number of nitrogens with zero attached hydrogens (tertiary/aromatic N) is 1. The molecule has 1 unspecified atom stereocenters. The molecule has 1 atom stereocenters. The second kappa shape index (κ2) is 7.67. The maximum absolute atomic E-state index is 12.3. The van der Waals surface area contributed by atoms with Gasteiger partial charge in [-0.3, -0.25) is 9.59 Å². The van der Waals surface area contributed by atoms with Gasteiger partial charge in [-0.25, -0.2) is 0 Å². The number of rotatable bonds is 5. The van der Waals surface area contributed by atoms with E-state index in [4.69, 9.17) is 15.2 Å². The maximum Gasteiger partial charge on any atom is 0.246 e. The molecule has 23 heavy (non-hydrogen) atoms. The fraction of sp³-hybridized carbons (Fsp3) is 0.412. The summed E-state index contributed by atoms with van der Waals surface area (Å²) in [5.41, 5.74) is 6.14. The predicted molar refractivity (Wildman–Crippen MR) is 87.1 cm³/mol. The first-order valence-corrected chi connectivity index (χ1v) is 7.53. The van der Waals surface area contributed by atoms with Crippen molar-refractivity contribution in [3.8, 4) is 11.5 Å². The third-order valence-electron chi connectivity index (χ3n) is 3.93. The zero-order valence-corrected chi connectivity index (χ0v) is 13.5. The van der Waals surface area contributed by atoms with Gasteiger partial charge < -0.3 is 20.1 Å². The lowest BCUT2D eigenvalue weighted by Crippen LogP contribution is -2.43. The van der Waals surface area contributed by atoms with Crippen LogP contribution >= 0.6 is 0 Å². The summed E-state index contributed by atoms with van der Waals surface area (Å²) in [4.78, 5) is 25.2. The van der Waals surface area contributed by atoms with E-state index in [0.717, 1.165) is 18.4 Å². The number of ether oxygens (including phenoxy) is 2. The van der Waals surface area contributed by atoms with E-state index >= 15 is 0 Å². The Balaban J connectivity index is 2.07. The average Bonchev–Trinajstić information content (AvgIpc) is 2.59. The number of carbonyl (C=O) groups is 2. The van der Waals surface area contributed by atoms with Crippen molar-refractivity contribution in [2.75, 3.05) is 27.3 Å². The van der Waals surface area contributed by atoms with E-state index in [9.17, 15) is 9.59 Å². The van der Waals surface area contributed by atoms with Crippen LogP contribution < -0.4 is 15.2 Å². The van der Waals surface area contributed by atoms with Crippen LogP contribution in [0.15, 0.2) is 24.3 Å². The monoisotopic (exact) mass is 318 g/mol. The number of nitrogens with two attached hydrogens (primary N) is 1. The summed E-state index contributed by atoms with van der Waals surface area (Å²) < 4.78 is 10.4. The molecule has 2 amide bonds. The molecule has 0 aliphatic carbocycles. The van der Waals surface area contributed by atoms with Crippen LogP contribution in [0.5, 0.6) is 11.5 Å². The molecule has 6 nitrogen and oxygen atoms in total. The smallest absolute Gasteiger partial charge is 0.246 e. The van der Waals surface area contributed by atoms with Gasteiger partial charge >= 0.3 is 0 Å². The zero-order chi connectivity index (χ0) is 16.8. The van der Waals surface area contributed by atoms with Crippen LogP contribution in [0.3, 0.4) is 0 Å². The highest BCUT2D eigenvalue weighted by Gasteiger charge is 2.25. The number of likely N-dealkylation sites (tertiary alicyclic amines) is 1. The van der Waals surface area contributed by atoms with Crippen molar-refractivity contribution in [2.24, 2.45) is 11.7 Å². The highest BCUT2D eigenvalue weighted by Crippen LogP contribution is 2.23. The first kappa shape index (κ1) is 16.9. The maximum atomic E-state index is 12.3. The summed E-state index contributed by atoms with van der Waals surface area (Å²) in [5.74, 6) is 0.589. The Hall–Kier alpha value is -2.50. The Kier molecular flexibility index (Phi) is 5.62. The molecule has 2 rings (SSSR count). The molecule has 2 N–H and O–H groups in total. The summed E-state index contributed by atoms with van der Waals surface area (Å²) in [6.45, 7) is 1.04. The average molecular weight is 318 g/mol. The number of hydrogen-bond acceptors (Lipinski definition) is 4. The van der Waals surface area contributed by atoms with Crippen LogP contribution in [0.25, 0.3) is 6.08 Å². The first-order chi connectivity index (χ1) is 11.0. The van der Waals surface area contributed by atoms with Gasteiger partial charge in [-0.1, -0.05) is 0 Å². The van der Waals surface area contributed by atoms with Gasteiger partial charge in [0.1, 0.15) is 11.5 Å². The van der Waals surface area contributed by atoms with E-state index in [0.29, 0.717) is 24.6 Å². The summed E-state index contributed by atoms with van der Waals surface area (Å²) in [7, 11) is 3.15. The SMILES string of the molecule is COc1cc(/C=C/C(=O)N2CCCC(C(N)=O)C2)cc(OC)c1. The summed E-state index contributed by atoms with van der Waals surface area (Å²) in [6.07, 6.45) is 4.74. The summed E-state index contributed by atoms with van der Waals surface area (Å²) >= 11 is 0. The van der Waals surface area contributed by atoms with E-state index < -0.39 is 0 Å². The van der Waals surface area contributed by atoms with Crippen molar-refractivity contribution in [3.63, 3.8) is 0 Å². The van der Waals surface area contributed by atoms with Gasteiger partial charge in [-0.05, 0) is 36.6 Å². The molecule has 6 heteroatoms. The minimum atomic E-state index is -0.344. The van der Waals surface area contributed by atoms with E-state index in [-0.39, 0.29) is 17.7 Å². The summed E-state index contributed by atoms with van der Waals surface area (Å²) in [5, 5.41) is 0. The Labute approximate surface area is 135 Å². The molecule has 1 aromatic rings. The topological polar surface area (TPSA) is 81.9 Å². The van der Waals surface area contributed by atoms with Crippen LogP contribution in [0.2, 0.25) is 0 Å². The second-order valence-electron chi connectivity index (χ2n) is 5.51. The highest BCUT2D eigenvalue weighted by atomic mass is 16.5.